The summed E-state index contributed by atoms with van der Waals surface area (Å²) in [5.41, 5.74) is 2.43. The van der Waals surface area contributed by atoms with E-state index in [1.807, 2.05) is 51.1 Å². The van der Waals surface area contributed by atoms with Crippen molar-refractivity contribution in [3.63, 3.8) is 0 Å². The summed E-state index contributed by atoms with van der Waals surface area (Å²) in [6, 6.07) is 24.2. The van der Waals surface area contributed by atoms with Gasteiger partial charge in [-0.1, -0.05) is 77.3 Å². The highest BCUT2D eigenvalue weighted by Crippen LogP contribution is 2.32. The van der Waals surface area contributed by atoms with E-state index in [-0.39, 0.29) is 29.6 Å². The number of methoxy groups -OCH3 is 1. The Hall–Kier alpha value is -3.57. The highest BCUT2D eigenvalue weighted by atomic mass is 79.9. The molecule has 1 N–H and O–H groups in total. The van der Waals surface area contributed by atoms with Gasteiger partial charge in [-0.05, 0) is 84.7 Å². The summed E-state index contributed by atoms with van der Waals surface area (Å²) in [6.07, 6.45) is 0.163. The van der Waals surface area contributed by atoms with Crippen LogP contribution in [0, 0.1) is 6.92 Å². The highest BCUT2D eigenvalue weighted by molar-refractivity contribution is 9.10. The van der Waals surface area contributed by atoms with Gasteiger partial charge in [0.1, 0.15) is 18.3 Å². The van der Waals surface area contributed by atoms with Crippen LogP contribution in [0.25, 0.3) is 0 Å². The highest BCUT2D eigenvalue weighted by Gasteiger charge is 2.35. The van der Waals surface area contributed by atoms with E-state index in [4.69, 9.17) is 27.9 Å². The number of nitrogens with one attached hydrogen (secondary N) is 1. The molecule has 0 aliphatic heterocycles. The van der Waals surface area contributed by atoms with Gasteiger partial charge in [-0.2, -0.15) is 0 Å². The first-order chi connectivity index (χ1) is 22.3. The van der Waals surface area contributed by atoms with Crippen molar-refractivity contribution >= 4 is 66.7 Å². The van der Waals surface area contributed by atoms with Crippen molar-refractivity contribution in [3.05, 3.63) is 122 Å². The number of ether oxygens (including phenoxy) is 1. The lowest BCUT2D eigenvalue weighted by atomic mass is 10.0. The van der Waals surface area contributed by atoms with Gasteiger partial charge in [-0.3, -0.25) is 13.9 Å². The van der Waals surface area contributed by atoms with Gasteiger partial charge in [0.05, 0.1) is 22.2 Å². The van der Waals surface area contributed by atoms with Crippen LogP contribution in [0.2, 0.25) is 10.0 Å². The van der Waals surface area contributed by atoms with Gasteiger partial charge in [0.15, 0.2) is 0 Å². The van der Waals surface area contributed by atoms with Gasteiger partial charge in [-0.25, -0.2) is 8.42 Å². The second-order valence-electron chi connectivity index (χ2n) is 11.2. The lowest BCUT2D eigenvalue weighted by Gasteiger charge is -2.34. The van der Waals surface area contributed by atoms with Gasteiger partial charge in [0.25, 0.3) is 10.0 Å². The van der Waals surface area contributed by atoms with Gasteiger partial charge in [-0.15, -0.1) is 0 Å². The molecule has 0 spiro atoms. The molecule has 2 amide bonds. The van der Waals surface area contributed by atoms with E-state index in [2.05, 4.69) is 21.2 Å². The minimum Gasteiger partial charge on any atom is -0.496 e. The fraction of sp³-hybridized carbons (Fsp3) is 0.257. The molecule has 1 unspecified atom stereocenters. The molecule has 0 heterocycles. The maximum Gasteiger partial charge on any atom is 0.264 e. The van der Waals surface area contributed by atoms with Crippen molar-refractivity contribution in [2.24, 2.45) is 0 Å². The largest absolute Gasteiger partial charge is 0.496 e. The standard InChI is InChI=1S/C35H36BrCl2N3O5S/c1-23(2)39-35(43)32(19-25-9-6-5-7-10-25)40(21-28-30(37)11-8-12-31(28)38)34(42)22-41(26-15-13-24(3)14-16-26)47(44,45)27-17-18-33(46-4)29(36)20-27/h5-18,20,23,32H,19,21-22H2,1-4H3,(H,39,43). The molecular formula is C35H36BrCl2N3O5S. The molecule has 12 heteroatoms. The van der Waals surface area contributed by atoms with E-state index in [0.717, 1.165) is 15.4 Å². The number of carbonyl (C=O) groups is 2. The minimum atomic E-state index is -4.31. The van der Waals surface area contributed by atoms with Crippen LogP contribution in [-0.2, 0) is 32.6 Å². The summed E-state index contributed by atoms with van der Waals surface area (Å²) in [4.78, 5) is 29.8. The smallest absolute Gasteiger partial charge is 0.264 e. The third-order valence-corrected chi connectivity index (χ3v) is 10.5. The summed E-state index contributed by atoms with van der Waals surface area (Å²) < 4.78 is 35.4. The average Bonchev–Trinajstić information content (AvgIpc) is 3.03. The first-order valence-corrected chi connectivity index (χ1v) is 17.8. The predicted molar refractivity (Wildman–Crippen MR) is 191 cm³/mol. The molecule has 0 fully saturated rings. The van der Waals surface area contributed by atoms with E-state index in [9.17, 15) is 18.0 Å². The molecule has 4 rings (SSSR count). The van der Waals surface area contributed by atoms with Gasteiger partial charge < -0.3 is 15.0 Å². The molecule has 1 atom stereocenters. The zero-order valence-electron chi connectivity index (χ0n) is 26.4. The molecule has 0 saturated heterocycles. The molecule has 0 aliphatic rings. The maximum atomic E-state index is 14.6. The van der Waals surface area contributed by atoms with Crippen LogP contribution in [0.4, 0.5) is 5.69 Å². The third kappa shape index (κ3) is 9.07. The Morgan fingerprint density at radius 1 is 0.915 bits per heavy atom. The zero-order chi connectivity index (χ0) is 34.3. The van der Waals surface area contributed by atoms with E-state index in [1.54, 1.807) is 42.5 Å². The molecule has 0 aromatic heterocycles. The van der Waals surface area contributed by atoms with Crippen molar-refractivity contribution < 1.29 is 22.7 Å². The van der Waals surface area contributed by atoms with Crippen LogP contribution in [0.1, 0.15) is 30.5 Å². The van der Waals surface area contributed by atoms with E-state index >= 15 is 0 Å². The third-order valence-electron chi connectivity index (χ3n) is 7.40. The number of sulfonamides is 1. The summed E-state index contributed by atoms with van der Waals surface area (Å²) in [5, 5.41) is 3.55. The molecule has 0 saturated carbocycles. The number of nitrogens with zero attached hydrogens (tertiary/aromatic N) is 2. The van der Waals surface area contributed by atoms with Crippen molar-refractivity contribution in [1.29, 1.82) is 0 Å². The Bertz CT molecular complexity index is 1800. The summed E-state index contributed by atoms with van der Waals surface area (Å²) >= 11 is 16.5. The number of halogens is 3. The molecule has 0 aliphatic carbocycles. The van der Waals surface area contributed by atoms with E-state index in [1.165, 1.54) is 30.2 Å². The molecule has 4 aromatic rings. The number of anilines is 1. The van der Waals surface area contributed by atoms with Crippen LogP contribution in [-0.4, -0.2) is 50.9 Å². The van der Waals surface area contributed by atoms with Crippen LogP contribution >= 0.6 is 39.1 Å². The number of amides is 2. The first-order valence-electron chi connectivity index (χ1n) is 14.8. The second kappa shape index (κ2) is 16.0. The molecule has 4 aromatic carbocycles. The van der Waals surface area contributed by atoms with Crippen molar-refractivity contribution in [3.8, 4) is 5.75 Å². The van der Waals surface area contributed by atoms with Crippen LogP contribution < -0.4 is 14.4 Å². The monoisotopic (exact) mass is 759 g/mol. The first kappa shape index (κ1) is 36.3. The number of rotatable bonds is 13. The molecule has 8 nitrogen and oxygen atoms in total. The van der Waals surface area contributed by atoms with Crippen molar-refractivity contribution in [2.45, 2.75) is 50.7 Å². The number of hydrogen-bond donors (Lipinski definition) is 1. The predicted octanol–water partition coefficient (Wildman–Crippen LogP) is 7.43. The number of carbonyl (C=O) groups excluding carboxylic acids is 2. The van der Waals surface area contributed by atoms with Crippen LogP contribution in [0.3, 0.4) is 0 Å². The lowest BCUT2D eigenvalue weighted by Crippen LogP contribution is -2.54. The molecule has 0 radical (unpaired) electrons. The fourth-order valence-corrected chi connectivity index (χ4v) is 7.61. The normalized spacial score (nSPS) is 12.0. The summed E-state index contributed by atoms with van der Waals surface area (Å²) in [5.74, 6) is -0.577. The summed E-state index contributed by atoms with van der Waals surface area (Å²) in [7, 11) is -2.83. The lowest BCUT2D eigenvalue weighted by molar-refractivity contribution is -0.140. The topological polar surface area (TPSA) is 96.0 Å². The molecule has 248 valence electrons. The molecular weight excluding hydrogens is 725 g/mol. The van der Waals surface area contributed by atoms with Crippen LogP contribution in [0.15, 0.2) is 100 Å². The Labute approximate surface area is 294 Å². The van der Waals surface area contributed by atoms with Crippen LogP contribution in [0.5, 0.6) is 5.75 Å². The fourth-order valence-electron chi connectivity index (χ4n) is 4.96. The molecule has 47 heavy (non-hydrogen) atoms. The van der Waals surface area contributed by atoms with Gasteiger partial charge in [0, 0.05) is 34.6 Å². The second-order valence-corrected chi connectivity index (χ2v) is 14.8. The quantitative estimate of drug-likeness (QED) is 0.153. The maximum absolute atomic E-state index is 14.6. The van der Waals surface area contributed by atoms with E-state index < -0.39 is 34.4 Å². The number of aryl methyl sites for hydroxylation is 1. The Morgan fingerprint density at radius 2 is 1.55 bits per heavy atom. The van der Waals surface area contributed by atoms with E-state index in [0.29, 0.717) is 25.8 Å². The number of benzene rings is 4. The molecule has 0 bridgehead atoms. The van der Waals surface area contributed by atoms with Crippen molar-refractivity contribution in [1.82, 2.24) is 10.2 Å². The SMILES string of the molecule is COc1ccc(S(=O)(=O)N(CC(=O)N(Cc2c(Cl)cccc2Cl)C(Cc2ccccc2)C(=O)NC(C)C)c2ccc(C)cc2)cc1Br. The van der Waals surface area contributed by atoms with Gasteiger partial charge in [0.2, 0.25) is 11.8 Å². The average molecular weight is 762 g/mol. The van der Waals surface area contributed by atoms with Crippen molar-refractivity contribution in [2.75, 3.05) is 18.0 Å². The summed E-state index contributed by atoms with van der Waals surface area (Å²) in [6.45, 7) is 4.78. The Balaban J connectivity index is 1.85. The van der Waals surface area contributed by atoms with Gasteiger partial charge >= 0.3 is 0 Å². The zero-order valence-corrected chi connectivity index (χ0v) is 30.3. The minimum absolute atomic E-state index is 0.0577. The Morgan fingerprint density at radius 3 is 2.13 bits per heavy atom. The number of hydrogen-bond acceptors (Lipinski definition) is 5. The Kier molecular flexibility index (Phi) is 12.4.